The number of benzene rings is 2. The van der Waals surface area contributed by atoms with Crippen LogP contribution in [0.5, 0.6) is 0 Å². The summed E-state index contributed by atoms with van der Waals surface area (Å²) in [6.45, 7) is 2.03. The molecule has 0 radical (unpaired) electrons. The molecule has 0 unspecified atom stereocenters. The third-order valence-corrected chi connectivity index (χ3v) is 4.11. The number of nitrogens with zero attached hydrogens (tertiary/aromatic N) is 1. The van der Waals surface area contributed by atoms with Gasteiger partial charge in [0.1, 0.15) is 11.4 Å². The van der Waals surface area contributed by atoms with Crippen LogP contribution in [0.3, 0.4) is 0 Å². The Bertz CT molecular complexity index is 1090. The van der Waals surface area contributed by atoms with E-state index in [1.54, 1.807) is 24.3 Å². The van der Waals surface area contributed by atoms with Gasteiger partial charge in [0.2, 0.25) is 0 Å². The minimum Gasteiger partial charge on any atom is -0.310 e. The summed E-state index contributed by atoms with van der Waals surface area (Å²) in [6, 6.07) is 15.2. The molecule has 0 saturated carbocycles. The molecule has 0 aliphatic carbocycles. The molecule has 0 atom stereocenters. The zero-order valence-electron chi connectivity index (χ0n) is 15.6. The number of anilines is 1. The average Bonchev–Trinajstić information content (AvgIpc) is 2.69. The highest BCUT2D eigenvalue weighted by Gasteiger charge is 2.13. The Kier molecular flexibility index (Phi) is 6.03. The predicted octanol–water partition coefficient (Wildman–Crippen LogP) is 2.81. The number of aromatic nitrogens is 1. The van der Waals surface area contributed by atoms with Gasteiger partial charge in [0.15, 0.2) is 0 Å². The summed E-state index contributed by atoms with van der Waals surface area (Å²) in [5, 5.41) is 2.56. The first-order valence-corrected chi connectivity index (χ1v) is 8.80. The van der Waals surface area contributed by atoms with E-state index in [4.69, 9.17) is 0 Å². The summed E-state index contributed by atoms with van der Waals surface area (Å²) >= 11 is 0. The summed E-state index contributed by atoms with van der Waals surface area (Å²) in [7, 11) is 0. The number of carbonyl (C=O) groups is 2. The Morgan fingerprint density at radius 1 is 1.00 bits per heavy atom. The van der Waals surface area contributed by atoms with E-state index < -0.39 is 23.3 Å². The Hall–Kier alpha value is -3.94. The third-order valence-electron chi connectivity index (χ3n) is 4.11. The van der Waals surface area contributed by atoms with Gasteiger partial charge in [0.25, 0.3) is 11.5 Å². The lowest BCUT2D eigenvalue weighted by molar-refractivity contribution is 0.0936. The first-order valence-electron chi connectivity index (χ1n) is 8.80. The number of hydrogen-bond donors (Lipinski definition) is 3. The van der Waals surface area contributed by atoms with Crippen LogP contribution < -0.4 is 21.7 Å². The first kappa shape index (κ1) is 19.8. The van der Waals surface area contributed by atoms with Crippen LogP contribution in [0.1, 0.15) is 21.5 Å². The number of halogens is 1. The number of pyridine rings is 1. The summed E-state index contributed by atoms with van der Waals surface area (Å²) in [6.07, 6.45) is 1.50. The van der Waals surface area contributed by atoms with E-state index in [1.165, 1.54) is 35.0 Å². The van der Waals surface area contributed by atoms with Crippen LogP contribution in [0.4, 0.5) is 14.9 Å². The van der Waals surface area contributed by atoms with Gasteiger partial charge in [-0.15, -0.1) is 0 Å². The molecule has 0 spiro atoms. The molecule has 0 bridgehead atoms. The smallest absolute Gasteiger partial charge is 0.310 e. The van der Waals surface area contributed by atoms with Gasteiger partial charge in [-0.2, -0.15) is 0 Å². The number of nitrogens with one attached hydrogen (secondary N) is 3. The highest BCUT2D eigenvalue weighted by Crippen LogP contribution is 2.08. The van der Waals surface area contributed by atoms with Crippen molar-refractivity contribution in [2.24, 2.45) is 0 Å². The van der Waals surface area contributed by atoms with Crippen molar-refractivity contribution in [3.63, 3.8) is 0 Å². The minimum atomic E-state index is -0.761. The summed E-state index contributed by atoms with van der Waals surface area (Å²) in [5.74, 6) is -1.17. The number of hydrazine groups is 1. The van der Waals surface area contributed by atoms with E-state index in [-0.39, 0.29) is 12.1 Å². The molecule has 0 aliphatic rings. The van der Waals surface area contributed by atoms with Gasteiger partial charge in [-0.3, -0.25) is 15.0 Å². The molecule has 8 heteroatoms. The molecule has 0 saturated heterocycles. The number of carbonyl (C=O) groups excluding carboxylic acids is 2. The van der Waals surface area contributed by atoms with Gasteiger partial charge in [-0.1, -0.05) is 29.8 Å². The van der Waals surface area contributed by atoms with Gasteiger partial charge in [-0.25, -0.2) is 14.6 Å². The van der Waals surface area contributed by atoms with Crippen LogP contribution in [0.2, 0.25) is 0 Å². The highest BCUT2D eigenvalue weighted by molar-refractivity contribution is 5.96. The molecule has 29 heavy (non-hydrogen) atoms. The Labute approximate surface area is 166 Å². The van der Waals surface area contributed by atoms with Crippen LogP contribution in [0.15, 0.2) is 71.7 Å². The van der Waals surface area contributed by atoms with Crippen molar-refractivity contribution in [1.29, 1.82) is 0 Å². The van der Waals surface area contributed by atoms with Crippen LogP contribution in [-0.4, -0.2) is 16.5 Å². The van der Waals surface area contributed by atoms with Gasteiger partial charge < -0.3 is 9.88 Å². The Morgan fingerprint density at radius 2 is 1.76 bits per heavy atom. The molecule has 1 aromatic heterocycles. The maximum absolute atomic E-state index is 13.3. The number of urea groups is 1. The summed E-state index contributed by atoms with van der Waals surface area (Å²) in [5.41, 5.74) is 5.87. The average molecular weight is 394 g/mol. The van der Waals surface area contributed by atoms with E-state index >= 15 is 0 Å². The van der Waals surface area contributed by atoms with Crippen molar-refractivity contribution in [1.82, 2.24) is 15.4 Å². The fourth-order valence-corrected chi connectivity index (χ4v) is 2.65. The molecule has 2 aromatic carbocycles. The maximum Gasteiger partial charge on any atom is 0.337 e. The predicted molar refractivity (Wildman–Crippen MR) is 107 cm³/mol. The van der Waals surface area contributed by atoms with Crippen molar-refractivity contribution in [3.05, 3.63) is 99.7 Å². The van der Waals surface area contributed by atoms with E-state index in [1.807, 2.05) is 19.1 Å². The fourth-order valence-electron chi connectivity index (χ4n) is 2.65. The monoisotopic (exact) mass is 394 g/mol. The molecular weight excluding hydrogens is 375 g/mol. The van der Waals surface area contributed by atoms with Gasteiger partial charge in [-0.05, 0) is 48.9 Å². The highest BCUT2D eigenvalue weighted by atomic mass is 19.1. The lowest BCUT2D eigenvalue weighted by Gasteiger charge is -2.11. The molecule has 3 amide bonds. The SMILES string of the molecule is Cc1ccc(NC(=O)NNC(=O)c2cccn(Cc3cccc(F)c3)c2=O)cc1. The van der Waals surface area contributed by atoms with Crippen molar-refractivity contribution in [3.8, 4) is 0 Å². The topological polar surface area (TPSA) is 92.2 Å². The van der Waals surface area contributed by atoms with Crippen LogP contribution in [0, 0.1) is 12.7 Å². The third kappa shape index (κ3) is 5.29. The number of rotatable bonds is 4. The molecule has 148 valence electrons. The van der Waals surface area contributed by atoms with Crippen LogP contribution in [-0.2, 0) is 6.54 Å². The quantitative estimate of drug-likeness (QED) is 0.594. The van der Waals surface area contributed by atoms with Crippen LogP contribution in [0.25, 0.3) is 0 Å². The second-order valence-electron chi connectivity index (χ2n) is 6.38. The summed E-state index contributed by atoms with van der Waals surface area (Å²) in [4.78, 5) is 36.7. The van der Waals surface area contributed by atoms with Crippen LogP contribution >= 0.6 is 0 Å². The minimum absolute atomic E-state index is 0.110. The van der Waals surface area contributed by atoms with E-state index in [0.717, 1.165) is 5.56 Å². The standard InChI is InChI=1S/C21H19FN4O3/c1-14-7-9-17(10-8-14)23-21(29)25-24-19(27)18-6-3-11-26(20(18)28)13-15-4-2-5-16(22)12-15/h2-12H,13H2,1H3,(H,24,27)(H2,23,25,29). The van der Waals surface area contributed by atoms with Crippen molar-refractivity contribution >= 4 is 17.6 Å². The van der Waals surface area contributed by atoms with Gasteiger partial charge in [0.05, 0.1) is 6.54 Å². The Balaban J connectivity index is 1.64. The Morgan fingerprint density at radius 3 is 2.48 bits per heavy atom. The van der Waals surface area contributed by atoms with E-state index in [2.05, 4.69) is 16.2 Å². The molecule has 7 nitrogen and oxygen atoms in total. The molecular formula is C21H19FN4O3. The van der Waals surface area contributed by atoms with Gasteiger partial charge >= 0.3 is 6.03 Å². The second-order valence-corrected chi connectivity index (χ2v) is 6.38. The maximum atomic E-state index is 13.3. The lowest BCUT2D eigenvalue weighted by Crippen LogP contribution is -2.45. The molecule has 0 fully saturated rings. The molecule has 3 N–H and O–H groups in total. The molecule has 3 aromatic rings. The first-order chi connectivity index (χ1) is 13.9. The number of hydrogen-bond acceptors (Lipinski definition) is 3. The zero-order chi connectivity index (χ0) is 20.8. The lowest BCUT2D eigenvalue weighted by atomic mass is 10.2. The van der Waals surface area contributed by atoms with E-state index in [9.17, 15) is 18.8 Å². The van der Waals surface area contributed by atoms with Gasteiger partial charge in [0, 0.05) is 11.9 Å². The molecule has 1 heterocycles. The molecule has 3 rings (SSSR count). The zero-order valence-corrected chi connectivity index (χ0v) is 15.6. The summed E-state index contributed by atoms with van der Waals surface area (Å²) < 4.78 is 14.6. The van der Waals surface area contributed by atoms with Crippen molar-refractivity contribution < 1.29 is 14.0 Å². The van der Waals surface area contributed by atoms with Crippen molar-refractivity contribution in [2.75, 3.05) is 5.32 Å². The largest absolute Gasteiger partial charge is 0.337 e. The van der Waals surface area contributed by atoms with Crippen molar-refractivity contribution in [2.45, 2.75) is 13.5 Å². The van der Waals surface area contributed by atoms with E-state index in [0.29, 0.717) is 11.3 Å². The second kappa shape index (κ2) is 8.83. The molecule has 0 aliphatic heterocycles. The number of amides is 3. The normalized spacial score (nSPS) is 10.3. The fraction of sp³-hybridized carbons (Fsp3) is 0.0952. The number of aryl methyl sites for hydroxylation is 1.